The van der Waals surface area contributed by atoms with Crippen molar-refractivity contribution in [2.45, 2.75) is 420 Å². The molecule has 4 unspecified atom stereocenters. The normalized spacial score (nSPS) is 14.6. The van der Waals surface area contributed by atoms with Crippen molar-refractivity contribution in [3.8, 4) is 0 Å². The van der Waals surface area contributed by atoms with Crippen molar-refractivity contribution >= 4 is 39.5 Å². The minimum Gasteiger partial charge on any atom is -0.462 e. The summed E-state index contributed by atoms with van der Waals surface area (Å²) in [5.41, 5.74) is 0. The fourth-order valence-corrected chi connectivity index (χ4v) is 13.6. The molecule has 0 aliphatic carbocycles. The molecular weight excluding hydrogens is 1280 g/mol. The Kier molecular flexibility index (Phi) is 66.8. The maximum absolute atomic E-state index is 13.1. The first-order valence-corrected chi connectivity index (χ1v) is 43.8. The molecule has 7 atom stereocenters. The quantitative estimate of drug-likeness (QED) is 0.0222. The van der Waals surface area contributed by atoms with E-state index in [1.54, 1.807) is 0 Å². The van der Waals surface area contributed by atoms with E-state index in [2.05, 4.69) is 55.4 Å². The molecule has 0 radical (unpaired) electrons. The van der Waals surface area contributed by atoms with Gasteiger partial charge in [0.1, 0.15) is 19.3 Å². The zero-order chi connectivity index (χ0) is 72.4. The van der Waals surface area contributed by atoms with Crippen molar-refractivity contribution in [3.05, 3.63) is 0 Å². The van der Waals surface area contributed by atoms with Crippen LogP contribution < -0.4 is 0 Å². The van der Waals surface area contributed by atoms with Gasteiger partial charge in [-0.2, -0.15) is 0 Å². The molecule has 0 aliphatic heterocycles. The summed E-state index contributed by atoms with van der Waals surface area (Å²) in [6.45, 7) is 14.2. The van der Waals surface area contributed by atoms with Crippen molar-refractivity contribution in [2.24, 2.45) is 23.7 Å². The summed E-state index contributed by atoms with van der Waals surface area (Å²) in [5, 5.41) is 10.6. The smallest absolute Gasteiger partial charge is 0.462 e. The third kappa shape index (κ3) is 69.8. The number of aliphatic hydroxyl groups is 1. The molecule has 17 nitrogen and oxygen atoms in total. The van der Waals surface area contributed by atoms with E-state index in [0.29, 0.717) is 31.6 Å². The summed E-state index contributed by atoms with van der Waals surface area (Å²) in [5.74, 6) is 0.988. The fraction of sp³-hybridized carbons (Fsp3) is 0.949. The molecule has 0 aromatic heterocycles. The minimum atomic E-state index is -4.96. The SMILES string of the molecule is CCC(C)CCCCCCCCCCCCCCCCCCCCC(=O)OC[C@H](COP(=O)(O)OC[C@@H](O)COP(=O)(O)OC[C@@H](COC(=O)CCCCCCCCC(C)C)OC(=O)CCCCCCCCCCCCC(C)C)OC(=O)CCCCCCCCCCCCC(C)CC. The molecule has 0 aromatic carbocycles. The van der Waals surface area contributed by atoms with Crippen LogP contribution in [0.1, 0.15) is 402 Å². The van der Waals surface area contributed by atoms with Crippen molar-refractivity contribution in [2.75, 3.05) is 39.6 Å². The Bertz CT molecular complexity index is 1920. The van der Waals surface area contributed by atoms with Gasteiger partial charge in [-0.05, 0) is 49.4 Å². The van der Waals surface area contributed by atoms with E-state index in [-0.39, 0.29) is 25.7 Å². The Labute approximate surface area is 600 Å². The highest BCUT2D eigenvalue weighted by Crippen LogP contribution is 2.45. The molecule has 0 spiro atoms. The Morgan fingerprint density at radius 3 is 0.724 bits per heavy atom. The third-order valence-electron chi connectivity index (χ3n) is 19.0. The minimum absolute atomic E-state index is 0.105. The van der Waals surface area contributed by atoms with E-state index >= 15 is 0 Å². The van der Waals surface area contributed by atoms with Gasteiger partial charge in [0.2, 0.25) is 0 Å². The lowest BCUT2D eigenvalue weighted by Gasteiger charge is -2.21. The molecule has 0 heterocycles. The van der Waals surface area contributed by atoms with E-state index in [1.165, 1.54) is 199 Å². The molecule has 0 fully saturated rings. The molecule has 0 saturated heterocycles. The maximum Gasteiger partial charge on any atom is 0.472 e. The van der Waals surface area contributed by atoms with Crippen LogP contribution in [0.15, 0.2) is 0 Å². The second kappa shape index (κ2) is 68.2. The number of carbonyl (C=O) groups excluding carboxylic acids is 4. The number of aliphatic hydroxyl groups excluding tert-OH is 1. The number of carbonyl (C=O) groups is 4. The third-order valence-corrected chi connectivity index (χ3v) is 20.9. The molecule has 582 valence electrons. The highest BCUT2D eigenvalue weighted by Gasteiger charge is 2.30. The van der Waals surface area contributed by atoms with Gasteiger partial charge in [0.05, 0.1) is 26.4 Å². The van der Waals surface area contributed by atoms with Gasteiger partial charge >= 0.3 is 39.5 Å². The first kappa shape index (κ1) is 96.1. The topological polar surface area (TPSA) is 237 Å². The van der Waals surface area contributed by atoms with Gasteiger partial charge in [0.25, 0.3) is 0 Å². The van der Waals surface area contributed by atoms with Gasteiger partial charge in [-0.15, -0.1) is 0 Å². The van der Waals surface area contributed by atoms with Crippen LogP contribution in [0.25, 0.3) is 0 Å². The molecule has 98 heavy (non-hydrogen) atoms. The average molecular weight is 1440 g/mol. The second-order valence-electron chi connectivity index (χ2n) is 29.9. The number of hydrogen-bond acceptors (Lipinski definition) is 15. The van der Waals surface area contributed by atoms with Crippen molar-refractivity contribution in [1.29, 1.82) is 0 Å². The molecule has 0 amide bonds. The maximum atomic E-state index is 13.1. The molecule has 3 N–H and O–H groups in total. The monoisotopic (exact) mass is 1440 g/mol. The van der Waals surface area contributed by atoms with Crippen LogP contribution >= 0.6 is 15.6 Å². The number of phosphoric acid groups is 2. The van der Waals surface area contributed by atoms with E-state index < -0.39 is 97.5 Å². The number of rotatable bonds is 76. The Balaban J connectivity index is 5.18. The number of hydrogen-bond donors (Lipinski definition) is 3. The summed E-state index contributed by atoms with van der Waals surface area (Å²) in [4.78, 5) is 72.9. The Morgan fingerprint density at radius 1 is 0.286 bits per heavy atom. The van der Waals surface area contributed by atoms with Crippen molar-refractivity contribution in [3.63, 3.8) is 0 Å². The first-order valence-electron chi connectivity index (χ1n) is 40.8. The largest absolute Gasteiger partial charge is 0.472 e. The first-order chi connectivity index (χ1) is 47.2. The number of phosphoric ester groups is 2. The summed E-state index contributed by atoms with van der Waals surface area (Å²) in [6.07, 6.45) is 54.3. The zero-order valence-corrected chi connectivity index (χ0v) is 66.2. The molecular formula is C79H154O17P2. The molecule has 0 bridgehead atoms. The van der Waals surface area contributed by atoms with Crippen LogP contribution in [0.3, 0.4) is 0 Å². The Hall–Kier alpha value is -1.94. The lowest BCUT2D eigenvalue weighted by atomic mass is 9.99. The number of unbranched alkanes of at least 4 members (excludes halogenated alkanes) is 40. The second-order valence-corrected chi connectivity index (χ2v) is 32.8. The van der Waals surface area contributed by atoms with E-state index in [0.717, 1.165) is 114 Å². The highest BCUT2D eigenvalue weighted by molar-refractivity contribution is 7.47. The highest BCUT2D eigenvalue weighted by atomic mass is 31.2. The summed E-state index contributed by atoms with van der Waals surface area (Å²) in [6, 6.07) is 0. The van der Waals surface area contributed by atoms with Gasteiger partial charge in [-0.1, -0.05) is 351 Å². The van der Waals surface area contributed by atoms with Crippen LogP contribution in [0.4, 0.5) is 0 Å². The summed E-state index contributed by atoms with van der Waals surface area (Å²) in [7, 11) is -9.92. The van der Waals surface area contributed by atoms with Crippen LogP contribution in [0.2, 0.25) is 0 Å². The van der Waals surface area contributed by atoms with E-state index in [4.69, 9.17) is 37.0 Å². The standard InChI is InChI=1S/C79H154O17P2/c1-9-71(7)57-49-41-32-26-19-17-15-13-11-12-14-16-18-20-28-34-43-51-59-76(81)89-65-74(95-79(84)62-54-46-36-30-24-22-27-33-42-50-58-72(8)10-2)67-93-97(85,86)91-63-73(80)64-92-98(87,88)94-68-75(66-90-77(82)60-52-44-38-37-40-48-56-70(5)6)96-78(83)61-53-45-35-29-23-21-25-31-39-47-55-69(3)4/h69-75,80H,9-68H2,1-8H3,(H,85,86)(H,87,88)/t71?,72?,73-,74-,75-/m1/s1. The van der Waals surface area contributed by atoms with E-state index in [9.17, 15) is 43.2 Å². The summed E-state index contributed by atoms with van der Waals surface area (Å²) < 4.78 is 68.6. The van der Waals surface area contributed by atoms with Crippen molar-refractivity contribution < 1.29 is 80.2 Å². The number of ether oxygens (including phenoxy) is 4. The predicted octanol–water partition coefficient (Wildman–Crippen LogP) is 23.2. The molecule has 0 aliphatic rings. The zero-order valence-electron chi connectivity index (χ0n) is 64.4. The van der Waals surface area contributed by atoms with Gasteiger partial charge in [0.15, 0.2) is 12.2 Å². The van der Waals surface area contributed by atoms with Crippen LogP contribution in [-0.4, -0.2) is 96.7 Å². The van der Waals surface area contributed by atoms with Crippen LogP contribution in [0, 0.1) is 23.7 Å². The summed E-state index contributed by atoms with van der Waals surface area (Å²) >= 11 is 0. The molecule has 0 rings (SSSR count). The Morgan fingerprint density at radius 2 is 0.490 bits per heavy atom. The van der Waals surface area contributed by atoms with Crippen molar-refractivity contribution in [1.82, 2.24) is 0 Å². The molecule has 19 heteroatoms. The fourth-order valence-electron chi connectivity index (χ4n) is 12.0. The average Bonchev–Trinajstić information content (AvgIpc) is 0.980. The lowest BCUT2D eigenvalue weighted by molar-refractivity contribution is -0.161. The molecule has 0 saturated carbocycles. The van der Waals surface area contributed by atoms with Crippen LogP contribution in [0.5, 0.6) is 0 Å². The van der Waals surface area contributed by atoms with Gasteiger partial charge in [-0.25, -0.2) is 9.13 Å². The van der Waals surface area contributed by atoms with Gasteiger partial charge in [0, 0.05) is 25.7 Å². The van der Waals surface area contributed by atoms with Gasteiger partial charge < -0.3 is 33.8 Å². The van der Waals surface area contributed by atoms with Gasteiger partial charge in [-0.3, -0.25) is 37.3 Å². The van der Waals surface area contributed by atoms with Crippen LogP contribution in [-0.2, 0) is 65.4 Å². The van der Waals surface area contributed by atoms with E-state index in [1.807, 2.05) is 0 Å². The number of esters is 4. The predicted molar refractivity (Wildman–Crippen MR) is 400 cm³/mol. The molecule has 0 aromatic rings. The lowest BCUT2D eigenvalue weighted by Crippen LogP contribution is -2.30.